The molecule has 4 heteroatoms. The molecule has 13 heavy (non-hydrogen) atoms. The number of nitrogens with one attached hydrogen (secondary N) is 1. The van der Waals surface area contributed by atoms with Gasteiger partial charge in [-0.3, -0.25) is 4.98 Å². The van der Waals surface area contributed by atoms with Crippen LogP contribution in [0.2, 0.25) is 5.02 Å². The van der Waals surface area contributed by atoms with Crippen molar-refractivity contribution in [3.63, 3.8) is 0 Å². The molecule has 0 aliphatic carbocycles. The highest BCUT2D eigenvalue weighted by molar-refractivity contribution is 7.98. The lowest BCUT2D eigenvalue weighted by molar-refractivity contribution is 0.992. The molecule has 2 nitrogen and oxygen atoms in total. The Kier molecular flexibility index (Phi) is 5.01. The number of anilines is 1. The first kappa shape index (κ1) is 10.7. The van der Waals surface area contributed by atoms with Crippen LogP contribution in [0.15, 0.2) is 18.5 Å². The Morgan fingerprint density at radius 1 is 1.62 bits per heavy atom. The van der Waals surface area contributed by atoms with Crippen molar-refractivity contribution in [3.8, 4) is 0 Å². The van der Waals surface area contributed by atoms with Crippen molar-refractivity contribution >= 4 is 29.1 Å². The summed E-state index contributed by atoms with van der Waals surface area (Å²) < 4.78 is 0. The first-order chi connectivity index (χ1) is 6.34. The molecule has 0 bridgehead atoms. The molecule has 0 radical (unpaired) electrons. The van der Waals surface area contributed by atoms with Crippen molar-refractivity contribution in [1.29, 1.82) is 0 Å². The van der Waals surface area contributed by atoms with Gasteiger partial charge in [0.25, 0.3) is 0 Å². The van der Waals surface area contributed by atoms with Gasteiger partial charge in [0.1, 0.15) is 0 Å². The minimum absolute atomic E-state index is 0.687. The summed E-state index contributed by atoms with van der Waals surface area (Å²) >= 11 is 7.76. The minimum Gasteiger partial charge on any atom is -0.384 e. The predicted molar refractivity (Wildman–Crippen MR) is 60.7 cm³/mol. The summed E-state index contributed by atoms with van der Waals surface area (Å²) in [6.07, 6.45) is 6.65. The van der Waals surface area contributed by atoms with Gasteiger partial charge in [-0.2, -0.15) is 11.8 Å². The van der Waals surface area contributed by atoms with Crippen molar-refractivity contribution in [2.24, 2.45) is 0 Å². The third kappa shape index (κ3) is 3.87. The molecule has 0 saturated carbocycles. The Labute approximate surface area is 88.1 Å². The maximum atomic E-state index is 5.91. The molecule has 0 saturated heterocycles. The standard InChI is InChI=1S/C9H13ClN2S/c1-13-6-2-4-12-9-3-5-11-7-8(9)10/h3,5,7H,2,4,6H2,1H3,(H,11,12). The second-order valence-electron chi connectivity index (χ2n) is 2.63. The van der Waals surface area contributed by atoms with Crippen molar-refractivity contribution < 1.29 is 0 Å². The van der Waals surface area contributed by atoms with Crippen molar-refractivity contribution in [2.45, 2.75) is 6.42 Å². The lowest BCUT2D eigenvalue weighted by Gasteiger charge is -2.06. The molecular formula is C9H13ClN2S. The van der Waals surface area contributed by atoms with Gasteiger partial charge in [-0.25, -0.2) is 0 Å². The van der Waals surface area contributed by atoms with Crippen LogP contribution in [-0.4, -0.2) is 23.5 Å². The Hall–Kier alpha value is -0.410. The zero-order chi connectivity index (χ0) is 9.52. The van der Waals surface area contributed by atoms with Gasteiger partial charge in [-0.05, 0) is 24.5 Å². The fourth-order valence-electron chi connectivity index (χ4n) is 0.958. The van der Waals surface area contributed by atoms with E-state index >= 15 is 0 Å². The first-order valence-corrected chi connectivity index (χ1v) is 5.94. The fraction of sp³-hybridized carbons (Fsp3) is 0.444. The summed E-state index contributed by atoms with van der Waals surface area (Å²) in [6.45, 7) is 0.963. The molecule has 0 atom stereocenters. The van der Waals surface area contributed by atoms with E-state index in [2.05, 4.69) is 16.6 Å². The van der Waals surface area contributed by atoms with Gasteiger partial charge in [0.05, 0.1) is 10.7 Å². The summed E-state index contributed by atoms with van der Waals surface area (Å²) in [5.74, 6) is 1.18. The number of hydrogen-bond donors (Lipinski definition) is 1. The van der Waals surface area contributed by atoms with Crippen LogP contribution in [0.4, 0.5) is 5.69 Å². The Morgan fingerprint density at radius 2 is 2.46 bits per heavy atom. The summed E-state index contributed by atoms with van der Waals surface area (Å²) in [5.41, 5.74) is 0.970. The second kappa shape index (κ2) is 6.11. The number of aromatic nitrogens is 1. The molecule has 0 fully saturated rings. The fourth-order valence-corrected chi connectivity index (χ4v) is 1.58. The molecule has 1 N–H and O–H groups in total. The zero-order valence-electron chi connectivity index (χ0n) is 7.59. The summed E-state index contributed by atoms with van der Waals surface area (Å²) in [7, 11) is 0. The summed E-state index contributed by atoms with van der Waals surface area (Å²) in [5, 5.41) is 3.95. The molecule has 1 rings (SSSR count). The van der Waals surface area contributed by atoms with E-state index in [-0.39, 0.29) is 0 Å². The topological polar surface area (TPSA) is 24.9 Å². The lowest BCUT2D eigenvalue weighted by Crippen LogP contribution is -2.02. The first-order valence-electron chi connectivity index (χ1n) is 4.17. The molecule has 0 aromatic carbocycles. The summed E-state index contributed by atoms with van der Waals surface area (Å²) in [4.78, 5) is 3.91. The van der Waals surface area contributed by atoms with Crippen LogP contribution in [0, 0.1) is 0 Å². The van der Waals surface area contributed by atoms with Gasteiger partial charge >= 0.3 is 0 Å². The maximum absolute atomic E-state index is 5.91. The van der Waals surface area contributed by atoms with Gasteiger partial charge in [0, 0.05) is 18.9 Å². The third-order valence-corrected chi connectivity index (χ3v) is 2.61. The minimum atomic E-state index is 0.687. The van der Waals surface area contributed by atoms with Crippen LogP contribution in [-0.2, 0) is 0 Å². The van der Waals surface area contributed by atoms with Gasteiger partial charge < -0.3 is 5.32 Å². The molecule has 1 heterocycles. The third-order valence-electron chi connectivity index (χ3n) is 1.61. The van der Waals surface area contributed by atoms with E-state index < -0.39 is 0 Å². The van der Waals surface area contributed by atoms with E-state index in [4.69, 9.17) is 11.6 Å². The largest absolute Gasteiger partial charge is 0.384 e. The molecule has 72 valence electrons. The maximum Gasteiger partial charge on any atom is 0.0820 e. The van der Waals surface area contributed by atoms with Crippen LogP contribution in [0.25, 0.3) is 0 Å². The van der Waals surface area contributed by atoms with Gasteiger partial charge in [-0.15, -0.1) is 0 Å². The number of hydrogen-bond acceptors (Lipinski definition) is 3. The van der Waals surface area contributed by atoms with E-state index in [1.165, 1.54) is 5.75 Å². The molecule has 0 aliphatic rings. The van der Waals surface area contributed by atoms with E-state index in [1.807, 2.05) is 17.8 Å². The van der Waals surface area contributed by atoms with E-state index in [0.717, 1.165) is 18.7 Å². The van der Waals surface area contributed by atoms with Gasteiger partial charge in [0.2, 0.25) is 0 Å². The van der Waals surface area contributed by atoms with E-state index in [9.17, 15) is 0 Å². The molecule has 0 aliphatic heterocycles. The SMILES string of the molecule is CSCCCNc1ccncc1Cl. The van der Waals surface area contributed by atoms with Crippen LogP contribution in [0.5, 0.6) is 0 Å². The zero-order valence-corrected chi connectivity index (χ0v) is 9.16. The van der Waals surface area contributed by atoms with Crippen LogP contribution < -0.4 is 5.32 Å². The molecule has 0 spiro atoms. The highest BCUT2D eigenvalue weighted by Gasteiger charge is 1.96. The number of pyridine rings is 1. The lowest BCUT2D eigenvalue weighted by atomic mass is 10.4. The Morgan fingerprint density at radius 3 is 3.15 bits per heavy atom. The predicted octanol–water partition coefficient (Wildman–Crippen LogP) is 2.90. The smallest absolute Gasteiger partial charge is 0.0820 e. The molecule has 1 aromatic heterocycles. The van der Waals surface area contributed by atoms with Gasteiger partial charge in [-0.1, -0.05) is 11.6 Å². The van der Waals surface area contributed by atoms with Crippen molar-refractivity contribution in [1.82, 2.24) is 4.98 Å². The summed E-state index contributed by atoms with van der Waals surface area (Å²) in [6, 6.07) is 1.89. The Bertz CT molecular complexity index is 255. The average Bonchev–Trinajstić information content (AvgIpc) is 2.15. The molecular weight excluding hydrogens is 204 g/mol. The number of rotatable bonds is 5. The van der Waals surface area contributed by atoms with Crippen molar-refractivity contribution in [3.05, 3.63) is 23.5 Å². The number of nitrogens with zero attached hydrogens (tertiary/aromatic N) is 1. The number of halogens is 1. The monoisotopic (exact) mass is 216 g/mol. The van der Waals surface area contributed by atoms with Crippen LogP contribution in [0.3, 0.4) is 0 Å². The molecule has 0 amide bonds. The van der Waals surface area contributed by atoms with Crippen molar-refractivity contribution in [2.75, 3.05) is 23.9 Å². The molecule has 0 unspecified atom stereocenters. The number of thioether (sulfide) groups is 1. The second-order valence-corrected chi connectivity index (χ2v) is 4.02. The van der Waals surface area contributed by atoms with Crippen LogP contribution >= 0.6 is 23.4 Å². The normalized spacial score (nSPS) is 10.0. The highest BCUT2D eigenvalue weighted by Crippen LogP contribution is 2.18. The molecule has 1 aromatic rings. The van der Waals surface area contributed by atoms with Gasteiger partial charge in [0.15, 0.2) is 0 Å². The van der Waals surface area contributed by atoms with E-state index in [1.54, 1.807) is 12.4 Å². The average molecular weight is 217 g/mol. The van der Waals surface area contributed by atoms with E-state index in [0.29, 0.717) is 5.02 Å². The highest BCUT2D eigenvalue weighted by atomic mass is 35.5. The quantitative estimate of drug-likeness (QED) is 0.767. The Balaban J connectivity index is 2.32. The van der Waals surface area contributed by atoms with Crippen LogP contribution in [0.1, 0.15) is 6.42 Å².